The standard InChI is InChI=1S/C23H28N6O2/c1-17-20(4-2-19-3-5-21(24)25-15-19)23(27-16-26-17)29-8-6-18(7-9-29)14-22(30)28-10-12-31-13-11-28/h3,5,15-16,18H,6-14H2,1H3,(H2,24,25). The Morgan fingerprint density at radius 2 is 1.90 bits per heavy atom. The second-order valence-corrected chi connectivity index (χ2v) is 8.01. The van der Waals surface area contributed by atoms with Crippen molar-refractivity contribution in [1.82, 2.24) is 19.9 Å². The van der Waals surface area contributed by atoms with Gasteiger partial charge in [0.15, 0.2) is 0 Å². The van der Waals surface area contributed by atoms with Crippen LogP contribution in [0.4, 0.5) is 11.6 Å². The second kappa shape index (κ2) is 9.75. The van der Waals surface area contributed by atoms with Gasteiger partial charge in [-0.25, -0.2) is 15.0 Å². The molecule has 162 valence electrons. The molecule has 2 aromatic rings. The number of aromatic nitrogens is 3. The number of nitrogens with zero attached hydrogens (tertiary/aromatic N) is 5. The molecule has 0 unspecified atom stereocenters. The highest BCUT2D eigenvalue weighted by molar-refractivity contribution is 5.76. The van der Waals surface area contributed by atoms with Gasteiger partial charge in [0.1, 0.15) is 18.0 Å². The highest BCUT2D eigenvalue weighted by Crippen LogP contribution is 2.27. The number of anilines is 2. The lowest BCUT2D eigenvalue weighted by atomic mass is 9.92. The number of aryl methyl sites for hydroxylation is 1. The van der Waals surface area contributed by atoms with Crippen molar-refractivity contribution in [3.63, 3.8) is 0 Å². The molecule has 2 N–H and O–H groups in total. The van der Waals surface area contributed by atoms with Crippen LogP contribution in [0.15, 0.2) is 24.7 Å². The third-order valence-electron chi connectivity index (χ3n) is 5.88. The summed E-state index contributed by atoms with van der Waals surface area (Å²) in [6, 6.07) is 3.59. The minimum absolute atomic E-state index is 0.253. The van der Waals surface area contributed by atoms with Crippen LogP contribution in [0.3, 0.4) is 0 Å². The van der Waals surface area contributed by atoms with Crippen molar-refractivity contribution in [3.8, 4) is 11.8 Å². The van der Waals surface area contributed by atoms with Crippen molar-refractivity contribution in [3.05, 3.63) is 41.5 Å². The van der Waals surface area contributed by atoms with Gasteiger partial charge in [0.05, 0.1) is 24.5 Å². The highest BCUT2D eigenvalue weighted by atomic mass is 16.5. The number of hydrogen-bond acceptors (Lipinski definition) is 7. The molecule has 0 saturated carbocycles. The first kappa shape index (κ1) is 21.1. The molecule has 0 radical (unpaired) electrons. The smallest absolute Gasteiger partial charge is 0.223 e. The van der Waals surface area contributed by atoms with E-state index in [0.717, 1.165) is 48.6 Å². The molecule has 0 atom stereocenters. The molecule has 2 aliphatic rings. The Balaban J connectivity index is 1.41. The van der Waals surface area contributed by atoms with Crippen LogP contribution < -0.4 is 10.6 Å². The average molecular weight is 421 g/mol. The zero-order valence-corrected chi connectivity index (χ0v) is 17.9. The average Bonchev–Trinajstić information content (AvgIpc) is 2.80. The fraction of sp³-hybridized carbons (Fsp3) is 0.478. The van der Waals surface area contributed by atoms with E-state index in [4.69, 9.17) is 10.5 Å². The summed E-state index contributed by atoms with van der Waals surface area (Å²) in [7, 11) is 0. The van der Waals surface area contributed by atoms with Crippen LogP contribution in [-0.4, -0.2) is 65.2 Å². The molecule has 8 heteroatoms. The van der Waals surface area contributed by atoms with E-state index < -0.39 is 0 Å². The van der Waals surface area contributed by atoms with Gasteiger partial charge in [-0.2, -0.15) is 0 Å². The number of hydrogen-bond donors (Lipinski definition) is 1. The first-order valence-corrected chi connectivity index (χ1v) is 10.8. The molecule has 0 spiro atoms. The lowest BCUT2D eigenvalue weighted by Gasteiger charge is -2.34. The van der Waals surface area contributed by atoms with Crippen LogP contribution in [0.1, 0.15) is 36.1 Å². The number of amides is 1. The van der Waals surface area contributed by atoms with Gasteiger partial charge >= 0.3 is 0 Å². The monoisotopic (exact) mass is 420 g/mol. The maximum Gasteiger partial charge on any atom is 0.223 e. The number of rotatable bonds is 3. The normalized spacial score (nSPS) is 17.2. The van der Waals surface area contributed by atoms with Crippen LogP contribution in [0, 0.1) is 24.7 Å². The molecule has 31 heavy (non-hydrogen) atoms. The van der Waals surface area contributed by atoms with Crippen molar-refractivity contribution in [2.45, 2.75) is 26.2 Å². The highest BCUT2D eigenvalue weighted by Gasteiger charge is 2.26. The summed E-state index contributed by atoms with van der Waals surface area (Å²) < 4.78 is 5.34. The number of morpholine rings is 1. The van der Waals surface area contributed by atoms with Crippen molar-refractivity contribution >= 4 is 17.5 Å². The number of nitrogen functional groups attached to an aromatic ring is 1. The maximum atomic E-state index is 12.6. The Hall–Kier alpha value is -3.18. The number of carbonyl (C=O) groups excluding carboxylic acids is 1. The fourth-order valence-electron chi connectivity index (χ4n) is 4.00. The van der Waals surface area contributed by atoms with Crippen LogP contribution >= 0.6 is 0 Å². The molecular weight excluding hydrogens is 392 g/mol. The van der Waals surface area contributed by atoms with Crippen LogP contribution in [0.25, 0.3) is 0 Å². The number of nitrogens with two attached hydrogens (primary N) is 1. The lowest BCUT2D eigenvalue weighted by Crippen LogP contribution is -2.42. The molecule has 4 rings (SSSR count). The summed E-state index contributed by atoms with van der Waals surface area (Å²) >= 11 is 0. The van der Waals surface area contributed by atoms with Gasteiger partial charge in [0, 0.05) is 44.4 Å². The Morgan fingerprint density at radius 1 is 1.13 bits per heavy atom. The SMILES string of the molecule is Cc1ncnc(N2CCC(CC(=O)N3CCOCC3)CC2)c1C#Cc1ccc(N)nc1. The van der Waals surface area contributed by atoms with Crippen molar-refractivity contribution in [2.24, 2.45) is 5.92 Å². The van der Waals surface area contributed by atoms with E-state index in [0.29, 0.717) is 44.5 Å². The lowest BCUT2D eigenvalue weighted by molar-refractivity contribution is -0.136. The predicted molar refractivity (Wildman–Crippen MR) is 118 cm³/mol. The topological polar surface area (TPSA) is 97.5 Å². The molecule has 2 aromatic heterocycles. The van der Waals surface area contributed by atoms with Crippen LogP contribution in [0.2, 0.25) is 0 Å². The van der Waals surface area contributed by atoms with Gasteiger partial charge in [0.2, 0.25) is 5.91 Å². The molecule has 8 nitrogen and oxygen atoms in total. The van der Waals surface area contributed by atoms with Crippen molar-refractivity contribution in [2.75, 3.05) is 50.0 Å². The maximum absolute atomic E-state index is 12.6. The molecular formula is C23H28N6O2. The van der Waals surface area contributed by atoms with Crippen molar-refractivity contribution < 1.29 is 9.53 Å². The Morgan fingerprint density at radius 3 is 2.61 bits per heavy atom. The van der Waals surface area contributed by atoms with E-state index in [1.807, 2.05) is 17.9 Å². The molecule has 0 aromatic carbocycles. The van der Waals surface area contributed by atoms with Gasteiger partial charge in [-0.15, -0.1) is 0 Å². The number of ether oxygens (including phenoxy) is 1. The molecule has 2 aliphatic heterocycles. The van der Waals surface area contributed by atoms with Gasteiger partial charge < -0.3 is 20.3 Å². The van der Waals surface area contributed by atoms with E-state index in [1.54, 1.807) is 18.6 Å². The first-order valence-electron chi connectivity index (χ1n) is 10.8. The third-order valence-corrected chi connectivity index (χ3v) is 5.88. The Bertz CT molecular complexity index is 968. The molecule has 2 saturated heterocycles. The summed E-state index contributed by atoms with van der Waals surface area (Å²) in [5.74, 6) is 8.37. The van der Waals surface area contributed by atoms with E-state index in [2.05, 4.69) is 31.7 Å². The largest absolute Gasteiger partial charge is 0.384 e. The minimum atomic E-state index is 0.253. The second-order valence-electron chi connectivity index (χ2n) is 8.01. The van der Waals surface area contributed by atoms with Gasteiger partial charge in [-0.05, 0) is 37.8 Å². The third kappa shape index (κ3) is 5.30. The molecule has 4 heterocycles. The quantitative estimate of drug-likeness (QED) is 0.754. The van der Waals surface area contributed by atoms with E-state index in [-0.39, 0.29) is 5.91 Å². The summed E-state index contributed by atoms with van der Waals surface area (Å²) in [6.07, 6.45) is 5.81. The summed E-state index contributed by atoms with van der Waals surface area (Å²) in [5.41, 5.74) is 8.13. The molecule has 2 fully saturated rings. The summed E-state index contributed by atoms with van der Waals surface area (Å²) in [6.45, 7) is 6.38. The molecule has 0 aliphatic carbocycles. The zero-order chi connectivity index (χ0) is 21.6. The number of piperidine rings is 1. The number of carbonyl (C=O) groups is 1. The molecule has 1 amide bonds. The predicted octanol–water partition coefficient (Wildman–Crippen LogP) is 1.63. The van der Waals surface area contributed by atoms with E-state index >= 15 is 0 Å². The van der Waals surface area contributed by atoms with Gasteiger partial charge in [0.25, 0.3) is 0 Å². The Kier molecular flexibility index (Phi) is 6.63. The minimum Gasteiger partial charge on any atom is -0.384 e. The van der Waals surface area contributed by atoms with Gasteiger partial charge in [-0.1, -0.05) is 11.8 Å². The van der Waals surface area contributed by atoms with E-state index in [9.17, 15) is 4.79 Å². The van der Waals surface area contributed by atoms with Gasteiger partial charge in [-0.3, -0.25) is 4.79 Å². The van der Waals surface area contributed by atoms with Crippen LogP contribution in [0.5, 0.6) is 0 Å². The molecule has 0 bridgehead atoms. The van der Waals surface area contributed by atoms with Crippen LogP contribution in [-0.2, 0) is 9.53 Å². The number of pyridine rings is 1. The first-order chi connectivity index (χ1) is 15.1. The fourth-order valence-corrected chi connectivity index (χ4v) is 4.00. The van der Waals surface area contributed by atoms with Crippen molar-refractivity contribution in [1.29, 1.82) is 0 Å². The van der Waals surface area contributed by atoms with E-state index in [1.165, 1.54) is 0 Å². The summed E-state index contributed by atoms with van der Waals surface area (Å²) in [5, 5.41) is 0. The summed E-state index contributed by atoms with van der Waals surface area (Å²) in [4.78, 5) is 29.7. The zero-order valence-electron chi connectivity index (χ0n) is 17.9. The Labute approximate surface area is 182 Å².